The van der Waals surface area contributed by atoms with Crippen molar-refractivity contribution in [2.45, 2.75) is 78.1 Å². The summed E-state index contributed by atoms with van der Waals surface area (Å²) in [6.07, 6.45) is 8.57. The van der Waals surface area contributed by atoms with E-state index in [0.717, 1.165) is 18.6 Å². The summed E-state index contributed by atoms with van der Waals surface area (Å²) < 4.78 is 12.8. The van der Waals surface area contributed by atoms with E-state index >= 15 is 0 Å². The minimum absolute atomic E-state index is 0.0232. The topological polar surface area (TPSA) is 18.5 Å². The third-order valence-corrected chi connectivity index (χ3v) is 5.71. The highest BCUT2D eigenvalue weighted by molar-refractivity contribution is 5.27. The predicted molar refractivity (Wildman–Crippen MR) is 117 cm³/mol. The summed E-state index contributed by atoms with van der Waals surface area (Å²) in [6, 6.07) is 19.0. The minimum Gasteiger partial charge on any atom is -0.465 e. The van der Waals surface area contributed by atoms with Crippen LogP contribution in [0.1, 0.15) is 76.5 Å². The van der Waals surface area contributed by atoms with Crippen LogP contribution in [0.4, 0.5) is 0 Å². The van der Waals surface area contributed by atoms with Gasteiger partial charge in [0.15, 0.2) is 0 Å². The molecule has 0 heterocycles. The molecule has 2 heteroatoms. The standard InChI is InChI=1S/C26H36O2/c1-20(2)18-23-14-16-25(17-15-23)28-26(19-22-10-6-4-7-11-22)27-21(3)24-12-8-5-9-13-24/h5,8-9,12-17,20-22,26H,4,6-7,10-11,18-19H2,1-3H3. The van der Waals surface area contributed by atoms with Crippen LogP contribution in [0.3, 0.4) is 0 Å². The summed E-state index contributed by atoms with van der Waals surface area (Å²) in [4.78, 5) is 0. The number of ether oxygens (including phenoxy) is 2. The number of hydrogen-bond acceptors (Lipinski definition) is 2. The van der Waals surface area contributed by atoms with Crippen molar-refractivity contribution in [1.82, 2.24) is 0 Å². The van der Waals surface area contributed by atoms with Gasteiger partial charge < -0.3 is 9.47 Å². The Morgan fingerprint density at radius 2 is 1.54 bits per heavy atom. The minimum atomic E-state index is -0.200. The van der Waals surface area contributed by atoms with Gasteiger partial charge in [-0.25, -0.2) is 0 Å². The van der Waals surface area contributed by atoms with Crippen molar-refractivity contribution in [2.75, 3.05) is 0 Å². The molecule has 0 amide bonds. The SMILES string of the molecule is CC(C)Cc1ccc(OC(CC2CCCCC2)OC(C)c2ccccc2)cc1. The van der Waals surface area contributed by atoms with Crippen LogP contribution in [-0.2, 0) is 11.2 Å². The summed E-state index contributed by atoms with van der Waals surface area (Å²) in [5.74, 6) is 2.29. The molecule has 0 bridgehead atoms. The van der Waals surface area contributed by atoms with Crippen LogP contribution in [0.15, 0.2) is 54.6 Å². The first kappa shape index (κ1) is 20.9. The van der Waals surface area contributed by atoms with Gasteiger partial charge in [0.25, 0.3) is 0 Å². The Balaban J connectivity index is 1.66. The molecule has 1 fully saturated rings. The normalized spacial score (nSPS) is 17.4. The van der Waals surface area contributed by atoms with E-state index in [4.69, 9.17) is 9.47 Å². The van der Waals surface area contributed by atoms with Crippen LogP contribution in [0.5, 0.6) is 5.75 Å². The van der Waals surface area contributed by atoms with Crippen molar-refractivity contribution in [3.8, 4) is 5.75 Å². The molecule has 0 aliphatic heterocycles. The van der Waals surface area contributed by atoms with Crippen molar-refractivity contribution < 1.29 is 9.47 Å². The Bertz CT molecular complexity index is 671. The predicted octanol–water partition coefficient (Wildman–Crippen LogP) is 7.34. The highest BCUT2D eigenvalue weighted by Gasteiger charge is 2.23. The number of benzene rings is 2. The van der Waals surface area contributed by atoms with Gasteiger partial charge in [-0.15, -0.1) is 0 Å². The van der Waals surface area contributed by atoms with Gasteiger partial charge in [0.05, 0.1) is 6.10 Å². The van der Waals surface area contributed by atoms with Crippen LogP contribution in [-0.4, -0.2) is 6.29 Å². The summed E-state index contributed by atoms with van der Waals surface area (Å²) in [5, 5.41) is 0. The molecule has 2 atom stereocenters. The van der Waals surface area contributed by atoms with Gasteiger partial charge in [-0.05, 0) is 48.4 Å². The van der Waals surface area contributed by atoms with E-state index in [-0.39, 0.29) is 12.4 Å². The van der Waals surface area contributed by atoms with E-state index in [2.05, 4.69) is 69.3 Å². The van der Waals surface area contributed by atoms with E-state index in [9.17, 15) is 0 Å². The summed E-state index contributed by atoms with van der Waals surface area (Å²) in [5.41, 5.74) is 2.57. The number of rotatable bonds is 9. The first-order chi connectivity index (χ1) is 13.6. The lowest BCUT2D eigenvalue weighted by atomic mass is 9.87. The molecule has 1 aliphatic rings. The van der Waals surface area contributed by atoms with Gasteiger partial charge >= 0.3 is 0 Å². The second-order valence-electron chi connectivity index (χ2n) is 8.72. The fraction of sp³-hybridized carbons (Fsp3) is 0.538. The molecule has 1 aliphatic carbocycles. The van der Waals surface area contributed by atoms with Crippen LogP contribution in [0, 0.1) is 11.8 Å². The second-order valence-corrected chi connectivity index (χ2v) is 8.72. The van der Waals surface area contributed by atoms with Crippen LogP contribution < -0.4 is 4.74 Å². The maximum Gasteiger partial charge on any atom is 0.200 e. The Morgan fingerprint density at radius 3 is 2.18 bits per heavy atom. The van der Waals surface area contributed by atoms with Gasteiger partial charge in [0.2, 0.25) is 6.29 Å². The molecule has 28 heavy (non-hydrogen) atoms. The highest BCUT2D eigenvalue weighted by Crippen LogP contribution is 2.31. The average Bonchev–Trinajstić information content (AvgIpc) is 2.70. The van der Waals surface area contributed by atoms with Crippen LogP contribution in [0.2, 0.25) is 0 Å². The first-order valence-electron chi connectivity index (χ1n) is 11.1. The Hall–Kier alpha value is -1.80. The average molecular weight is 381 g/mol. The van der Waals surface area contributed by atoms with Crippen LogP contribution in [0.25, 0.3) is 0 Å². The smallest absolute Gasteiger partial charge is 0.200 e. The van der Waals surface area contributed by atoms with Gasteiger partial charge in [-0.1, -0.05) is 88.4 Å². The molecule has 0 aromatic heterocycles. The molecule has 1 saturated carbocycles. The third-order valence-electron chi connectivity index (χ3n) is 5.71. The van der Waals surface area contributed by atoms with E-state index in [1.807, 2.05) is 6.07 Å². The van der Waals surface area contributed by atoms with Gasteiger partial charge in [-0.3, -0.25) is 0 Å². The van der Waals surface area contributed by atoms with Crippen molar-refractivity contribution in [3.63, 3.8) is 0 Å². The first-order valence-corrected chi connectivity index (χ1v) is 11.1. The van der Waals surface area contributed by atoms with Crippen molar-refractivity contribution >= 4 is 0 Å². The fourth-order valence-corrected chi connectivity index (χ4v) is 4.18. The summed E-state index contributed by atoms with van der Waals surface area (Å²) in [7, 11) is 0. The second kappa shape index (κ2) is 10.7. The van der Waals surface area contributed by atoms with Crippen molar-refractivity contribution in [3.05, 3.63) is 65.7 Å². The zero-order valence-corrected chi connectivity index (χ0v) is 17.8. The zero-order valence-electron chi connectivity index (χ0n) is 17.8. The molecule has 2 aromatic carbocycles. The van der Waals surface area contributed by atoms with E-state index in [1.54, 1.807) is 0 Å². The van der Waals surface area contributed by atoms with Crippen molar-refractivity contribution in [2.24, 2.45) is 11.8 Å². The highest BCUT2D eigenvalue weighted by atomic mass is 16.7. The third kappa shape index (κ3) is 6.67. The summed E-state index contributed by atoms with van der Waals surface area (Å²) >= 11 is 0. The Labute approximate surface area is 171 Å². The monoisotopic (exact) mass is 380 g/mol. The van der Waals surface area contributed by atoms with Gasteiger partial charge in [0.1, 0.15) is 5.75 Å². The molecular weight excluding hydrogens is 344 g/mol. The lowest BCUT2D eigenvalue weighted by Gasteiger charge is -2.29. The molecule has 0 radical (unpaired) electrons. The van der Waals surface area contributed by atoms with Crippen molar-refractivity contribution in [1.29, 1.82) is 0 Å². The molecule has 0 N–H and O–H groups in total. The van der Waals surface area contributed by atoms with E-state index < -0.39 is 0 Å². The largest absolute Gasteiger partial charge is 0.465 e. The summed E-state index contributed by atoms with van der Waals surface area (Å²) in [6.45, 7) is 6.63. The molecule has 0 spiro atoms. The molecule has 2 nitrogen and oxygen atoms in total. The lowest BCUT2D eigenvalue weighted by molar-refractivity contribution is -0.127. The fourth-order valence-electron chi connectivity index (χ4n) is 4.18. The molecular formula is C26H36O2. The molecule has 0 saturated heterocycles. The van der Waals surface area contributed by atoms with Gasteiger partial charge in [-0.2, -0.15) is 0 Å². The van der Waals surface area contributed by atoms with Gasteiger partial charge in [0, 0.05) is 6.42 Å². The maximum atomic E-state index is 6.42. The maximum absolute atomic E-state index is 6.42. The zero-order chi connectivity index (χ0) is 19.8. The van der Waals surface area contributed by atoms with E-state index in [1.165, 1.54) is 43.2 Å². The molecule has 152 valence electrons. The van der Waals surface area contributed by atoms with E-state index in [0.29, 0.717) is 11.8 Å². The number of hydrogen-bond donors (Lipinski definition) is 0. The quantitative estimate of drug-likeness (QED) is 0.424. The molecule has 3 rings (SSSR count). The molecule has 2 aromatic rings. The Kier molecular flexibility index (Phi) is 7.97. The Morgan fingerprint density at radius 1 is 0.857 bits per heavy atom. The lowest BCUT2D eigenvalue weighted by Crippen LogP contribution is -2.26. The molecule has 2 unspecified atom stereocenters. The van der Waals surface area contributed by atoms with Crippen LogP contribution >= 0.6 is 0 Å².